The maximum absolute atomic E-state index is 12.4. The van der Waals surface area contributed by atoms with Crippen LogP contribution < -0.4 is 14.8 Å². The Hall–Kier alpha value is -2.14. The van der Waals surface area contributed by atoms with Gasteiger partial charge in [0, 0.05) is 18.0 Å². The van der Waals surface area contributed by atoms with Crippen LogP contribution >= 0.6 is 33.9 Å². The van der Waals surface area contributed by atoms with Gasteiger partial charge in [0.15, 0.2) is 5.13 Å². The lowest BCUT2D eigenvalue weighted by atomic mass is 10.1. The third-order valence-electron chi connectivity index (χ3n) is 3.52. The number of carbonyl (C=O) groups excluding carboxylic acids is 1. The lowest BCUT2D eigenvalue weighted by Gasteiger charge is -2.08. The van der Waals surface area contributed by atoms with Gasteiger partial charge in [0.25, 0.3) is 5.91 Å². The zero-order chi connectivity index (χ0) is 18.0. The van der Waals surface area contributed by atoms with Crippen LogP contribution in [0.4, 0.5) is 5.13 Å². The highest BCUT2D eigenvalue weighted by molar-refractivity contribution is 14.1. The van der Waals surface area contributed by atoms with Gasteiger partial charge in [0.05, 0.1) is 29.7 Å². The fraction of sp³-hybridized carbons (Fsp3) is 0.188. The molecule has 3 aromatic rings. The highest BCUT2D eigenvalue weighted by atomic mass is 127. The molecule has 2 heterocycles. The van der Waals surface area contributed by atoms with Crippen molar-refractivity contribution in [1.82, 2.24) is 14.8 Å². The lowest BCUT2D eigenvalue weighted by Crippen LogP contribution is -2.17. The summed E-state index contributed by atoms with van der Waals surface area (Å²) in [5.41, 5.74) is 2.00. The van der Waals surface area contributed by atoms with E-state index in [1.165, 1.54) is 16.0 Å². The second-order valence-electron chi connectivity index (χ2n) is 5.02. The van der Waals surface area contributed by atoms with Crippen molar-refractivity contribution >= 4 is 45.0 Å². The quantitative estimate of drug-likeness (QED) is 0.579. The number of carbonyl (C=O) groups is 1. The van der Waals surface area contributed by atoms with E-state index in [0.717, 1.165) is 9.13 Å². The van der Waals surface area contributed by atoms with Gasteiger partial charge in [-0.15, -0.1) is 11.3 Å². The number of ether oxygens (including phenoxy) is 2. The standard InChI is InChI=1S/C16H15IN4O3S/c1-21-14(11(17)7-18-21)15(22)20-16-19-12(8-25-16)10-6-9(23-2)4-5-13(10)24-3/h4-8H,1-3H3,(H,19,20,22). The number of thiazole rings is 1. The number of rotatable bonds is 5. The van der Waals surface area contributed by atoms with Crippen LogP contribution in [0.1, 0.15) is 10.5 Å². The Morgan fingerprint density at radius 1 is 1.32 bits per heavy atom. The maximum atomic E-state index is 12.4. The molecule has 1 N–H and O–H groups in total. The van der Waals surface area contributed by atoms with Gasteiger partial charge < -0.3 is 9.47 Å². The lowest BCUT2D eigenvalue weighted by molar-refractivity contribution is 0.101. The molecule has 0 aliphatic heterocycles. The molecule has 7 nitrogen and oxygen atoms in total. The SMILES string of the molecule is COc1ccc(OC)c(-c2csc(NC(=O)c3c(I)cnn3C)n2)c1. The van der Waals surface area contributed by atoms with Crippen LogP contribution in [0.3, 0.4) is 0 Å². The largest absolute Gasteiger partial charge is 0.497 e. The van der Waals surface area contributed by atoms with Gasteiger partial charge >= 0.3 is 0 Å². The Kier molecular flexibility index (Phi) is 5.23. The van der Waals surface area contributed by atoms with Crippen LogP contribution in [0.15, 0.2) is 29.8 Å². The Morgan fingerprint density at radius 2 is 2.12 bits per heavy atom. The number of amides is 1. The molecular formula is C16H15IN4O3S. The molecule has 0 fully saturated rings. The number of aryl methyl sites for hydroxylation is 1. The van der Waals surface area contributed by atoms with Crippen LogP contribution in [-0.2, 0) is 7.05 Å². The molecule has 0 spiro atoms. The fourth-order valence-corrected chi connectivity index (χ4v) is 3.72. The number of halogens is 1. The third kappa shape index (κ3) is 3.61. The van der Waals surface area contributed by atoms with Crippen LogP contribution in [0, 0.1) is 3.57 Å². The summed E-state index contributed by atoms with van der Waals surface area (Å²) in [5.74, 6) is 1.15. The summed E-state index contributed by atoms with van der Waals surface area (Å²) >= 11 is 3.42. The topological polar surface area (TPSA) is 78.3 Å². The van der Waals surface area contributed by atoms with Crippen molar-refractivity contribution in [3.05, 3.63) is 39.0 Å². The molecule has 0 bridgehead atoms. The van der Waals surface area contributed by atoms with Crippen molar-refractivity contribution in [3.63, 3.8) is 0 Å². The molecule has 25 heavy (non-hydrogen) atoms. The molecule has 9 heteroatoms. The summed E-state index contributed by atoms with van der Waals surface area (Å²) in [4.78, 5) is 16.9. The van der Waals surface area contributed by atoms with Crippen molar-refractivity contribution in [1.29, 1.82) is 0 Å². The number of hydrogen-bond acceptors (Lipinski definition) is 6. The monoisotopic (exact) mass is 470 g/mol. The summed E-state index contributed by atoms with van der Waals surface area (Å²) in [6.45, 7) is 0. The zero-order valence-corrected chi connectivity index (χ0v) is 16.7. The molecular weight excluding hydrogens is 455 g/mol. The van der Waals surface area contributed by atoms with Crippen LogP contribution in [0.25, 0.3) is 11.3 Å². The van der Waals surface area contributed by atoms with Crippen molar-refractivity contribution in [2.45, 2.75) is 0 Å². The summed E-state index contributed by atoms with van der Waals surface area (Å²) in [6, 6.07) is 5.50. The molecule has 3 rings (SSSR count). The minimum atomic E-state index is -0.247. The fourth-order valence-electron chi connectivity index (χ4n) is 2.29. The first-order chi connectivity index (χ1) is 12.0. The molecule has 130 valence electrons. The van der Waals surface area contributed by atoms with E-state index in [1.807, 2.05) is 23.6 Å². The van der Waals surface area contributed by atoms with E-state index in [-0.39, 0.29) is 5.91 Å². The minimum Gasteiger partial charge on any atom is -0.497 e. The first kappa shape index (κ1) is 17.7. The molecule has 0 aliphatic carbocycles. The summed E-state index contributed by atoms with van der Waals surface area (Å²) < 4.78 is 13.0. The molecule has 0 radical (unpaired) electrons. The zero-order valence-electron chi connectivity index (χ0n) is 13.7. The van der Waals surface area contributed by atoms with E-state index in [2.05, 4.69) is 38.0 Å². The predicted molar refractivity (Wildman–Crippen MR) is 105 cm³/mol. The van der Waals surface area contributed by atoms with Crippen molar-refractivity contribution < 1.29 is 14.3 Å². The van der Waals surface area contributed by atoms with Gasteiger partial charge in [-0.3, -0.25) is 14.8 Å². The van der Waals surface area contributed by atoms with Crippen molar-refractivity contribution in [2.24, 2.45) is 7.05 Å². The Bertz CT molecular complexity index is 902. The number of hydrogen-bond donors (Lipinski definition) is 1. The van der Waals surface area contributed by atoms with Gasteiger partial charge in [0.1, 0.15) is 17.2 Å². The van der Waals surface area contributed by atoms with Gasteiger partial charge in [-0.05, 0) is 40.8 Å². The Balaban J connectivity index is 1.87. The molecule has 0 atom stereocenters. The second-order valence-corrected chi connectivity index (χ2v) is 7.04. The van der Waals surface area contributed by atoms with Crippen LogP contribution in [0.2, 0.25) is 0 Å². The van der Waals surface area contributed by atoms with Gasteiger partial charge in [-0.1, -0.05) is 0 Å². The number of nitrogens with one attached hydrogen (secondary N) is 1. The summed E-state index contributed by atoms with van der Waals surface area (Å²) in [7, 11) is 4.93. The molecule has 1 aromatic carbocycles. The normalized spacial score (nSPS) is 10.6. The number of aromatic nitrogens is 3. The molecule has 0 aliphatic rings. The molecule has 2 aromatic heterocycles. The van der Waals surface area contributed by atoms with E-state index in [9.17, 15) is 4.79 Å². The van der Waals surface area contributed by atoms with Crippen LogP contribution in [-0.4, -0.2) is 34.9 Å². The van der Waals surface area contributed by atoms with Gasteiger partial charge in [-0.25, -0.2) is 4.98 Å². The average Bonchev–Trinajstić information content (AvgIpc) is 3.20. The highest BCUT2D eigenvalue weighted by Crippen LogP contribution is 2.35. The number of benzene rings is 1. The number of methoxy groups -OCH3 is 2. The summed E-state index contributed by atoms with van der Waals surface area (Å²) in [5, 5.41) is 9.25. The molecule has 1 amide bonds. The predicted octanol–water partition coefficient (Wildman–Crippen LogP) is 3.42. The molecule has 0 saturated heterocycles. The van der Waals surface area contributed by atoms with Gasteiger partial charge in [0.2, 0.25) is 0 Å². The third-order valence-corrected chi connectivity index (χ3v) is 5.06. The van der Waals surface area contributed by atoms with E-state index >= 15 is 0 Å². The van der Waals surface area contributed by atoms with E-state index < -0.39 is 0 Å². The second kappa shape index (κ2) is 7.40. The Labute approximate surface area is 162 Å². The maximum Gasteiger partial charge on any atom is 0.276 e. The first-order valence-electron chi connectivity index (χ1n) is 7.20. The molecule has 0 unspecified atom stereocenters. The number of nitrogens with zero attached hydrogens (tertiary/aromatic N) is 3. The smallest absolute Gasteiger partial charge is 0.276 e. The number of anilines is 1. The Morgan fingerprint density at radius 3 is 2.76 bits per heavy atom. The van der Waals surface area contributed by atoms with Crippen molar-refractivity contribution in [2.75, 3.05) is 19.5 Å². The van der Waals surface area contributed by atoms with E-state index in [0.29, 0.717) is 28.0 Å². The summed E-state index contributed by atoms with van der Waals surface area (Å²) in [6.07, 6.45) is 1.64. The minimum absolute atomic E-state index is 0.247. The highest BCUT2D eigenvalue weighted by Gasteiger charge is 2.18. The molecule has 0 saturated carbocycles. The average molecular weight is 470 g/mol. The first-order valence-corrected chi connectivity index (χ1v) is 9.16. The van der Waals surface area contributed by atoms with Crippen molar-refractivity contribution in [3.8, 4) is 22.8 Å². The van der Waals surface area contributed by atoms with E-state index in [1.54, 1.807) is 27.5 Å². The van der Waals surface area contributed by atoms with E-state index in [4.69, 9.17) is 9.47 Å². The van der Waals surface area contributed by atoms with Gasteiger partial charge in [-0.2, -0.15) is 5.10 Å². The van der Waals surface area contributed by atoms with Crippen LogP contribution in [0.5, 0.6) is 11.5 Å².